The van der Waals surface area contributed by atoms with E-state index in [1.807, 2.05) is 44.2 Å². The van der Waals surface area contributed by atoms with Crippen LogP contribution in [0.25, 0.3) is 0 Å². The van der Waals surface area contributed by atoms with Crippen molar-refractivity contribution < 1.29 is 24.3 Å². The molecule has 0 radical (unpaired) electrons. The Kier molecular flexibility index (Phi) is 7.88. The van der Waals surface area contributed by atoms with Crippen molar-refractivity contribution in [3.8, 4) is 0 Å². The Morgan fingerprint density at radius 1 is 1.15 bits per heavy atom. The van der Waals surface area contributed by atoms with Gasteiger partial charge in [0.2, 0.25) is 17.7 Å². The van der Waals surface area contributed by atoms with E-state index >= 15 is 0 Å². The highest BCUT2D eigenvalue weighted by molar-refractivity contribution is 6.04. The molecule has 3 atom stereocenters. The lowest BCUT2D eigenvalue weighted by Crippen LogP contribution is -2.53. The lowest BCUT2D eigenvalue weighted by atomic mass is 9.98. The molecule has 3 rings (SSSR count). The monoisotopic (exact) mass is 466 g/mol. The van der Waals surface area contributed by atoms with E-state index in [2.05, 4.69) is 10.6 Å². The Morgan fingerprint density at radius 2 is 1.85 bits per heavy atom. The number of fused-ring (bicyclic) bond motifs is 1. The van der Waals surface area contributed by atoms with Crippen LogP contribution < -0.4 is 21.3 Å². The number of aliphatic carboxylic acids is 1. The molecule has 1 heterocycles. The first kappa shape index (κ1) is 24.8. The van der Waals surface area contributed by atoms with E-state index in [9.17, 15) is 24.3 Å². The van der Waals surface area contributed by atoms with Crippen molar-refractivity contribution in [3.63, 3.8) is 0 Å². The topological polar surface area (TPSA) is 142 Å². The maximum absolute atomic E-state index is 13.0. The molecular formula is C25H30N4O5. The van der Waals surface area contributed by atoms with Gasteiger partial charge in [0.15, 0.2) is 0 Å². The number of amides is 3. The van der Waals surface area contributed by atoms with Crippen LogP contribution >= 0.6 is 0 Å². The van der Waals surface area contributed by atoms with Crippen LogP contribution in [-0.4, -0.2) is 47.4 Å². The second kappa shape index (κ2) is 10.8. The fraction of sp³-hybridized carbons (Fsp3) is 0.360. The Bertz CT molecular complexity index is 1070. The maximum atomic E-state index is 13.0. The molecule has 2 aromatic carbocycles. The second-order valence-electron chi connectivity index (χ2n) is 8.52. The number of nitrogen functional groups attached to an aromatic ring is 1. The third-order valence-corrected chi connectivity index (χ3v) is 6.08. The van der Waals surface area contributed by atoms with Gasteiger partial charge in [-0.05, 0) is 35.2 Å². The van der Waals surface area contributed by atoms with Gasteiger partial charge in [0, 0.05) is 17.8 Å². The fourth-order valence-corrected chi connectivity index (χ4v) is 4.04. The quantitative estimate of drug-likeness (QED) is 0.413. The van der Waals surface area contributed by atoms with Gasteiger partial charge in [-0.3, -0.25) is 19.3 Å². The summed E-state index contributed by atoms with van der Waals surface area (Å²) in [4.78, 5) is 51.4. The summed E-state index contributed by atoms with van der Waals surface area (Å²) in [6, 6.07) is 12.2. The molecule has 0 saturated carbocycles. The van der Waals surface area contributed by atoms with Gasteiger partial charge in [0.1, 0.15) is 12.1 Å². The molecule has 9 nitrogen and oxygen atoms in total. The highest BCUT2D eigenvalue weighted by atomic mass is 16.4. The number of nitrogens with one attached hydrogen (secondary N) is 2. The molecule has 1 aliphatic rings. The number of hydrogen-bond donors (Lipinski definition) is 4. The summed E-state index contributed by atoms with van der Waals surface area (Å²) in [6.45, 7) is 3.36. The smallest absolute Gasteiger partial charge is 0.327 e. The van der Waals surface area contributed by atoms with Crippen molar-refractivity contribution in [1.29, 1.82) is 0 Å². The summed E-state index contributed by atoms with van der Waals surface area (Å²) in [5.41, 5.74) is 8.23. The molecule has 0 spiro atoms. The van der Waals surface area contributed by atoms with Crippen molar-refractivity contribution in [2.45, 2.75) is 45.2 Å². The average Bonchev–Trinajstić information content (AvgIpc) is 3.20. The van der Waals surface area contributed by atoms with Crippen molar-refractivity contribution >= 4 is 35.1 Å². The standard InChI is InChI=1S/C25H30N4O5/c1-3-15(2)23(28-21(30)11-16-7-5-4-6-8-16)24(32)27-14-22(31)29-19-10-9-18(26)12-17(19)13-20(29)25(33)34/h4-10,12,15,20,23H,3,11,13-14,26H2,1-2H3,(H,27,32)(H,28,30)(H,33,34)/t15-,20?,23-/m0/s1. The molecule has 0 fully saturated rings. The summed E-state index contributed by atoms with van der Waals surface area (Å²) in [6.07, 6.45) is 0.911. The Balaban J connectivity index is 1.67. The van der Waals surface area contributed by atoms with E-state index < -0.39 is 36.4 Å². The molecule has 0 bridgehead atoms. The molecule has 3 amide bonds. The van der Waals surface area contributed by atoms with Crippen LogP contribution in [0.15, 0.2) is 48.5 Å². The zero-order valence-electron chi connectivity index (χ0n) is 19.3. The summed E-state index contributed by atoms with van der Waals surface area (Å²) in [5, 5.41) is 15.0. The molecule has 0 aliphatic carbocycles. The first-order valence-corrected chi connectivity index (χ1v) is 11.3. The summed E-state index contributed by atoms with van der Waals surface area (Å²) < 4.78 is 0. The van der Waals surface area contributed by atoms with Crippen LogP contribution in [0.2, 0.25) is 0 Å². The number of carbonyl (C=O) groups excluding carboxylic acids is 3. The maximum Gasteiger partial charge on any atom is 0.327 e. The Labute approximate surface area is 198 Å². The van der Waals surface area contributed by atoms with Crippen LogP contribution in [-0.2, 0) is 32.0 Å². The van der Waals surface area contributed by atoms with Gasteiger partial charge >= 0.3 is 5.97 Å². The zero-order valence-corrected chi connectivity index (χ0v) is 19.3. The normalized spacial score (nSPS) is 16.3. The van der Waals surface area contributed by atoms with Gasteiger partial charge in [-0.25, -0.2) is 4.79 Å². The minimum absolute atomic E-state index is 0.133. The number of hydrogen-bond acceptors (Lipinski definition) is 5. The van der Waals surface area contributed by atoms with Gasteiger partial charge in [-0.2, -0.15) is 0 Å². The summed E-state index contributed by atoms with van der Waals surface area (Å²) >= 11 is 0. The van der Waals surface area contributed by atoms with Crippen molar-refractivity contribution in [1.82, 2.24) is 10.6 Å². The molecule has 180 valence electrons. The molecule has 5 N–H and O–H groups in total. The predicted molar refractivity (Wildman–Crippen MR) is 128 cm³/mol. The minimum Gasteiger partial charge on any atom is -0.480 e. The average molecular weight is 467 g/mol. The number of carboxylic acid groups (broad SMARTS) is 1. The predicted octanol–water partition coefficient (Wildman–Crippen LogP) is 1.50. The Morgan fingerprint density at radius 3 is 2.50 bits per heavy atom. The number of anilines is 2. The van der Waals surface area contributed by atoms with E-state index in [1.165, 1.54) is 4.90 Å². The zero-order chi connectivity index (χ0) is 24.8. The molecule has 1 unspecified atom stereocenters. The molecule has 1 aliphatic heterocycles. The van der Waals surface area contributed by atoms with Gasteiger partial charge in [0.05, 0.1) is 13.0 Å². The van der Waals surface area contributed by atoms with E-state index in [1.54, 1.807) is 18.2 Å². The first-order valence-electron chi connectivity index (χ1n) is 11.3. The van der Waals surface area contributed by atoms with Gasteiger partial charge < -0.3 is 21.5 Å². The second-order valence-corrected chi connectivity index (χ2v) is 8.52. The number of benzene rings is 2. The van der Waals surface area contributed by atoms with Crippen LogP contribution in [0.5, 0.6) is 0 Å². The van der Waals surface area contributed by atoms with E-state index in [-0.39, 0.29) is 24.7 Å². The number of carboxylic acids is 1. The van der Waals surface area contributed by atoms with E-state index in [4.69, 9.17) is 5.73 Å². The lowest BCUT2D eigenvalue weighted by molar-refractivity contribution is -0.139. The van der Waals surface area contributed by atoms with Crippen LogP contribution in [0.1, 0.15) is 31.4 Å². The van der Waals surface area contributed by atoms with Crippen molar-refractivity contribution in [3.05, 3.63) is 59.7 Å². The molecule has 9 heteroatoms. The number of rotatable bonds is 9. The van der Waals surface area contributed by atoms with Crippen LogP contribution in [0, 0.1) is 5.92 Å². The highest BCUT2D eigenvalue weighted by Crippen LogP contribution is 2.33. The molecule has 0 aromatic heterocycles. The largest absolute Gasteiger partial charge is 0.480 e. The van der Waals surface area contributed by atoms with E-state index in [0.717, 1.165) is 5.56 Å². The van der Waals surface area contributed by atoms with E-state index in [0.29, 0.717) is 23.4 Å². The highest BCUT2D eigenvalue weighted by Gasteiger charge is 2.38. The number of nitrogens with zero attached hydrogens (tertiary/aromatic N) is 1. The molecular weight excluding hydrogens is 436 g/mol. The summed E-state index contributed by atoms with van der Waals surface area (Å²) in [7, 11) is 0. The number of carbonyl (C=O) groups is 4. The first-order chi connectivity index (χ1) is 16.2. The summed E-state index contributed by atoms with van der Waals surface area (Å²) in [5.74, 6) is -2.65. The SMILES string of the molecule is CC[C@H](C)[C@H](NC(=O)Cc1ccccc1)C(=O)NCC(=O)N1c2ccc(N)cc2CC1C(=O)O. The van der Waals surface area contributed by atoms with Crippen molar-refractivity contribution in [2.24, 2.45) is 5.92 Å². The molecule has 2 aromatic rings. The van der Waals surface area contributed by atoms with Gasteiger partial charge in [0.25, 0.3) is 0 Å². The Hall–Kier alpha value is -3.88. The third kappa shape index (κ3) is 5.72. The fourth-order valence-electron chi connectivity index (χ4n) is 4.04. The van der Waals surface area contributed by atoms with Crippen LogP contribution in [0.4, 0.5) is 11.4 Å². The molecule has 34 heavy (non-hydrogen) atoms. The van der Waals surface area contributed by atoms with Crippen LogP contribution in [0.3, 0.4) is 0 Å². The minimum atomic E-state index is -1.14. The van der Waals surface area contributed by atoms with Crippen molar-refractivity contribution in [2.75, 3.05) is 17.2 Å². The molecule has 0 saturated heterocycles. The van der Waals surface area contributed by atoms with Gasteiger partial charge in [-0.15, -0.1) is 0 Å². The van der Waals surface area contributed by atoms with Gasteiger partial charge in [-0.1, -0.05) is 50.6 Å². The third-order valence-electron chi connectivity index (χ3n) is 6.08. The lowest BCUT2D eigenvalue weighted by Gasteiger charge is -2.26. The number of nitrogens with two attached hydrogens (primary N) is 1.